The smallest absolute Gasteiger partial charge is 0.132 e. The van der Waals surface area contributed by atoms with Gasteiger partial charge in [0.1, 0.15) is 11.6 Å². The second-order valence-corrected chi connectivity index (χ2v) is 6.48. The maximum absolute atomic E-state index is 4.59. The Morgan fingerprint density at radius 2 is 2.04 bits per heavy atom. The van der Waals surface area contributed by atoms with Gasteiger partial charge in [-0.2, -0.15) is 0 Å². The van der Waals surface area contributed by atoms with Crippen LogP contribution in [0.15, 0.2) is 30.9 Å². The van der Waals surface area contributed by atoms with Gasteiger partial charge in [0.15, 0.2) is 0 Å². The van der Waals surface area contributed by atoms with Crippen molar-refractivity contribution in [3.63, 3.8) is 0 Å². The zero-order valence-electron chi connectivity index (χ0n) is 13.5. The van der Waals surface area contributed by atoms with Gasteiger partial charge in [0.2, 0.25) is 0 Å². The van der Waals surface area contributed by atoms with Crippen molar-refractivity contribution in [3.05, 3.63) is 42.4 Å². The van der Waals surface area contributed by atoms with E-state index in [1.54, 1.807) is 12.4 Å². The van der Waals surface area contributed by atoms with Crippen LogP contribution in [0.1, 0.15) is 24.4 Å². The molecule has 2 aliphatic heterocycles. The molecule has 2 saturated heterocycles. The highest BCUT2D eigenvalue weighted by Crippen LogP contribution is 2.33. The zero-order valence-corrected chi connectivity index (χ0v) is 13.5. The monoisotopic (exact) mass is 310 g/mol. The summed E-state index contributed by atoms with van der Waals surface area (Å²) in [5.74, 6) is 2.70. The molecule has 4 rings (SSSR count). The van der Waals surface area contributed by atoms with Crippen LogP contribution in [0.5, 0.6) is 0 Å². The average Bonchev–Trinajstić information content (AvgIpc) is 2.98. The van der Waals surface area contributed by atoms with E-state index in [4.69, 9.17) is 0 Å². The van der Waals surface area contributed by atoms with Gasteiger partial charge in [0.25, 0.3) is 0 Å². The highest BCUT2D eigenvalue weighted by Gasteiger charge is 2.38. The highest BCUT2D eigenvalue weighted by molar-refractivity contribution is 5.38. The fourth-order valence-electron chi connectivity index (χ4n) is 3.87. The lowest BCUT2D eigenvalue weighted by atomic mass is 9.92. The lowest BCUT2D eigenvalue weighted by Gasteiger charge is -2.39. The van der Waals surface area contributed by atoms with Crippen LogP contribution in [0.2, 0.25) is 0 Å². The van der Waals surface area contributed by atoms with Crippen LogP contribution in [-0.2, 0) is 6.54 Å². The van der Waals surface area contributed by atoms with Crippen LogP contribution in [0.3, 0.4) is 0 Å². The molecule has 0 aromatic carbocycles. The van der Waals surface area contributed by atoms with E-state index in [-0.39, 0.29) is 0 Å². The second-order valence-electron chi connectivity index (χ2n) is 6.48. The van der Waals surface area contributed by atoms with E-state index in [1.807, 2.05) is 25.4 Å². The van der Waals surface area contributed by atoms with E-state index in [9.17, 15) is 0 Å². The minimum absolute atomic E-state index is 0.584. The molecule has 2 atom stereocenters. The molecule has 0 radical (unpaired) electrons. The molecule has 0 N–H and O–H groups in total. The first kappa shape index (κ1) is 14.5. The number of hydrogen-bond donors (Lipinski definition) is 0. The summed E-state index contributed by atoms with van der Waals surface area (Å²) in [4.78, 5) is 22.4. The van der Waals surface area contributed by atoms with Crippen molar-refractivity contribution < 1.29 is 0 Å². The fourth-order valence-corrected chi connectivity index (χ4v) is 3.87. The summed E-state index contributed by atoms with van der Waals surface area (Å²) >= 11 is 0. The van der Waals surface area contributed by atoms with E-state index in [1.165, 1.54) is 12.8 Å². The number of fused-ring (bicyclic) bond motifs is 1. The van der Waals surface area contributed by atoms with Gasteiger partial charge in [-0.05, 0) is 38.3 Å². The van der Waals surface area contributed by atoms with E-state index in [2.05, 4.69) is 29.7 Å². The van der Waals surface area contributed by atoms with E-state index in [0.29, 0.717) is 6.04 Å². The van der Waals surface area contributed by atoms with Crippen molar-refractivity contribution in [1.29, 1.82) is 0 Å². The number of piperidine rings is 1. The van der Waals surface area contributed by atoms with Gasteiger partial charge in [-0.25, -0.2) is 9.97 Å². The second kappa shape index (κ2) is 6.20. The summed E-state index contributed by atoms with van der Waals surface area (Å²) in [6, 6.07) is 2.61. The molecule has 2 aliphatic rings. The third kappa shape index (κ3) is 3.03. The summed E-state index contributed by atoms with van der Waals surface area (Å²) in [6.07, 6.45) is 9.78. The van der Waals surface area contributed by atoms with Gasteiger partial charge < -0.3 is 4.90 Å². The largest absolute Gasteiger partial charge is 0.355 e. The van der Waals surface area contributed by atoms with Crippen LogP contribution in [0.25, 0.3) is 0 Å². The predicted octanol–water partition coefficient (Wildman–Crippen LogP) is 1.68. The number of rotatable bonds is 3. The van der Waals surface area contributed by atoms with Crippen molar-refractivity contribution in [2.24, 2.45) is 5.92 Å². The SMILES string of the molecule is Cc1nccc(N2CCC3CCN(Cc4cnccn4)C3C2)n1. The van der Waals surface area contributed by atoms with Crippen LogP contribution in [0.4, 0.5) is 5.82 Å². The first-order chi connectivity index (χ1) is 11.3. The third-order valence-electron chi connectivity index (χ3n) is 5.04. The molecule has 120 valence electrons. The Labute approximate surface area is 136 Å². The van der Waals surface area contributed by atoms with Gasteiger partial charge in [0.05, 0.1) is 5.69 Å². The molecule has 2 unspecified atom stereocenters. The molecule has 0 amide bonds. The highest BCUT2D eigenvalue weighted by atomic mass is 15.3. The molecule has 2 aromatic rings. The quantitative estimate of drug-likeness (QED) is 0.859. The van der Waals surface area contributed by atoms with Crippen LogP contribution in [0, 0.1) is 12.8 Å². The number of aromatic nitrogens is 4. The van der Waals surface area contributed by atoms with Crippen LogP contribution in [-0.4, -0.2) is 50.5 Å². The summed E-state index contributed by atoms with van der Waals surface area (Å²) in [5.41, 5.74) is 1.06. The Morgan fingerprint density at radius 1 is 1.13 bits per heavy atom. The van der Waals surface area contributed by atoms with Crippen molar-refractivity contribution in [1.82, 2.24) is 24.8 Å². The first-order valence-corrected chi connectivity index (χ1v) is 8.33. The Morgan fingerprint density at radius 3 is 2.87 bits per heavy atom. The molecule has 0 aliphatic carbocycles. The molecule has 0 saturated carbocycles. The molecule has 6 nitrogen and oxygen atoms in total. The molecule has 4 heterocycles. The van der Waals surface area contributed by atoms with Gasteiger partial charge in [-0.3, -0.25) is 14.9 Å². The average molecular weight is 310 g/mol. The van der Waals surface area contributed by atoms with Crippen molar-refractivity contribution in [3.8, 4) is 0 Å². The summed E-state index contributed by atoms with van der Waals surface area (Å²) in [7, 11) is 0. The first-order valence-electron chi connectivity index (χ1n) is 8.33. The molecule has 6 heteroatoms. The number of aryl methyl sites for hydroxylation is 1. The van der Waals surface area contributed by atoms with Crippen molar-refractivity contribution in [2.75, 3.05) is 24.5 Å². The maximum atomic E-state index is 4.59. The van der Waals surface area contributed by atoms with Crippen molar-refractivity contribution in [2.45, 2.75) is 32.4 Å². The standard InChI is InChI=1S/C17H22N6/c1-13-19-5-2-17(21-13)23-9-4-14-3-8-22(16(14)12-23)11-15-10-18-6-7-20-15/h2,5-7,10,14,16H,3-4,8-9,11-12H2,1H3. The lowest BCUT2D eigenvalue weighted by Crippen LogP contribution is -2.48. The Kier molecular flexibility index (Phi) is 3.91. The molecular weight excluding hydrogens is 288 g/mol. The summed E-state index contributed by atoms with van der Waals surface area (Å²) in [5, 5.41) is 0. The molecule has 2 aromatic heterocycles. The molecule has 23 heavy (non-hydrogen) atoms. The molecule has 0 spiro atoms. The minimum atomic E-state index is 0.584. The Balaban J connectivity index is 1.49. The Bertz CT molecular complexity index is 661. The summed E-state index contributed by atoms with van der Waals surface area (Å²) < 4.78 is 0. The lowest BCUT2D eigenvalue weighted by molar-refractivity contribution is 0.198. The summed E-state index contributed by atoms with van der Waals surface area (Å²) in [6.45, 7) is 6.14. The van der Waals surface area contributed by atoms with Crippen molar-refractivity contribution >= 4 is 5.82 Å². The van der Waals surface area contributed by atoms with Crippen LogP contribution >= 0.6 is 0 Å². The topological polar surface area (TPSA) is 58.0 Å². The number of anilines is 1. The van der Waals surface area contributed by atoms with Gasteiger partial charge >= 0.3 is 0 Å². The molecule has 2 fully saturated rings. The van der Waals surface area contributed by atoms with E-state index in [0.717, 1.165) is 49.4 Å². The predicted molar refractivity (Wildman–Crippen MR) is 87.9 cm³/mol. The van der Waals surface area contributed by atoms with Gasteiger partial charge in [-0.1, -0.05) is 0 Å². The van der Waals surface area contributed by atoms with E-state index >= 15 is 0 Å². The maximum Gasteiger partial charge on any atom is 0.132 e. The fraction of sp³-hybridized carbons (Fsp3) is 0.529. The van der Waals surface area contributed by atoms with E-state index < -0.39 is 0 Å². The minimum Gasteiger partial charge on any atom is -0.355 e. The molecule has 0 bridgehead atoms. The van der Waals surface area contributed by atoms with Crippen LogP contribution < -0.4 is 4.90 Å². The number of nitrogens with zero attached hydrogens (tertiary/aromatic N) is 6. The van der Waals surface area contributed by atoms with Gasteiger partial charge in [-0.15, -0.1) is 0 Å². The normalized spacial score (nSPS) is 24.7. The third-order valence-corrected chi connectivity index (χ3v) is 5.04. The molecular formula is C17H22N6. The Hall–Kier alpha value is -2.08. The number of hydrogen-bond acceptors (Lipinski definition) is 6. The zero-order chi connectivity index (χ0) is 15.6. The van der Waals surface area contributed by atoms with Gasteiger partial charge in [0, 0.05) is 50.5 Å². The number of likely N-dealkylation sites (tertiary alicyclic amines) is 1.